The summed E-state index contributed by atoms with van der Waals surface area (Å²) < 4.78 is 0. The van der Waals surface area contributed by atoms with Crippen LogP contribution >= 0.6 is 0 Å². The van der Waals surface area contributed by atoms with Crippen LogP contribution in [-0.2, 0) is 4.79 Å². The van der Waals surface area contributed by atoms with Crippen LogP contribution < -0.4 is 10.6 Å². The van der Waals surface area contributed by atoms with Crippen molar-refractivity contribution in [1.29, 1.82) is 0 Å². The van der Waals surface area contributed by atoms with Crippen molar-refractivity contribution in [3.8, 4) is 0 Å². The van der Waals surface area contributed by atoms with E-state index >= 15 is 0 Å². The molecule has 0 aliphatic carbocycles. The molecule has 6 nitrogen and oxygen atoms in total. The van der Waals surface area contributed by atoms with Gasteiger partial charge in [0.05, 0.1) is 24.5 Å². The molecule has 3 amide bonds. The van der Waals surface area contributed by atoms with Crippen molar-refractivity contribution >= 4 is 17.7 Å². The van der Waals surface area contributed by atoms with Crippen LogP contribution in [-0.4, -0.2) is 36.0 Å². The summed E-state index contributed by atoms with van der Waals surface area (Å²) in [4.78, 5) is 37.9. The Morgan fingerprint density at radius 2 is 1.50 bits per heavy atom. The molecule has 0 bridgehead atoms. The number of benzene rings is 1. The largest absolute Gasteiger partial charge is 0.343 e. The number of hydrogen-bond acceptors (Lipinski definition) is 4. The van der Waals surface area contributed by atoms with Crippen LogP contribution in [0.2, 0.25) is 0 Å². The Kier molecular flexibility index (Phi) is 4.80. The fraction of sp³-hybridized carbons (Fsp3) is 0.500. The molecule has 130 valence electrons. The standard InChI is InChI=1S/C18H25N3O3/c1-17(2,3)18(4,5)16(24)20-10-19-11-21-14(22)12-8-6-7-9-13(12)15(21)23/h6-9,19H,10-11H2,1-5H3,(H,20,24). The van der Waals surface area contributed by atoms with Crippen LogP contribution in [0.5, 0.6) is 0 Å². The van der Waals surface area contributed by atoms with Crippen LogP contribution in [0.15, 0.2) is 24.3 Å². The quantitative estimate of drug-likeness (QED) is 0.491. The first-order chi connectivity index (χ1) is 11.1. The summed E-state index contributed by atoms with van der Waals surface area (Å²) in [5.41, 5.74) is 0.119. The molecule has 0 aromatic heterocycles. The van der Waals surface area contributed by atoms with Gasteiger partial charge in [-0.15, -0.1) is 0 Å². The van der Waals surface area contributed by atoms with Gasteiger partial charge in [-0.3, -0.25) is 24.6 Å². The minimum atomic E-state index is -0.538. The molecule has 2 rings (SSSR count). The van der Waals surface area contributed by atoms with Gasteiger partial charge >= 0.3 is 0 Å². The molecule has 1 aliphatic heterocycles. The van der Waals surface area contributed by atoms with Crippen molar-refractivity contribution in [2.75, 3.05) is 13.3 Å². The predicted molar refractivity (Wildman–Crippen MR) is 91.2 cm³/mol. The summed E-state index contributed by atoms with van der Waals surface area (Å²) >= 11 is 0. The third kappa shape index (κ3) is 3.19. The highest BCUT2D eigenvalue weighted by molar-refractivity contribution is 6.21. The molecule has 0 spiro atoms. The third-order valence-electron chi connectivity index (χ3n) is 4.96. The summed E-state index contributed by atoms with van der Waals surface area (Å²) in [5.74, 6) is -0.709. The van der Waals surface area contributed by atoms with E-state index in [9.17, 15) is 14.4 Å². The lowest BCUT2D eigenvalue weighted by Gasteiger charge is -2.37. The Morgan fingerprint density at radius 1 is 1.00 bits per heavy atom. The van der Waals surface area contributed by atoms with Gasteiger partial charge in [0, 0.05) is 5.41 Å². The zero-order chi connectivity index (χ0) is 18.1. The van der Waals surface area contributed by atoms with Gasteiger partial charge in [0.25, 0.3) is 11.8 Å². The predicted octanol–water partition coefficient (Wildman–Crippen LogP) is 1.98. The topological polar surface area (TPSA) is 78.5 Å². The molecule has 24 heavy (non-hydrogen) atoms. The van der Waals surface area contributed by atoms with E-state index in [1.54, 1.807) is 24.3 Å². The Hall–Kier alpha value is -2.21. The highest BCUT2D eigenvalue weighted by atomic mass is 16.2. The first-order valence-electron chi connectivity index (χ1n) is 8.01. The molecule has 2 N–H and O–H groups in total. The van der Waals surface area contributed by atoms with Crippen molar-refractivity contribution < 1.29 is 14.4 Å². The number of amides is 3. The fourth-order valence-corrected chi connectivity index (χ4v) is 2.25. The zero-order valence-electron chi connectivity index (χ0n) is 14.9. The molecule has 0 fully saturated rings. The zero-order valence-corrected chi connectivity index (χ0v) is 14.9. The van der Waals surface area contributed by atoms with Crippen molar-refractivity contribution in [2.24, 2.45) is 10.8 Å². The maximum atomic E-state index is 12.3. The van der Waals surface area contributed by atoms with E-state index in [1.165, 1.54) is 0 Å². The van der Waals surface area contributed by atoms with E-state index in [4.69, 9.17) is 0 Å². The maximum Gasteiger partial charge on any atom is 0.262 e. The number of fused-ring (bicyclic) bond motifs is 1. The van der Waals surface area contributed by atoms with Crippen LogP contribution in [0.25, 0.3) is 0 Å². The third-order valence-corrected chi connectivity index (χ3v) is 4.96. The van der Waals surface area contributed by atoms with Crippen LogP contribution in [0.3, 0.4) is 0 Å². The Labute approximate surface area is 142 Å². The SMILES string of the molecule is CC(C)(C)C(C)(C)C(=O)NCNCN1C(=O)c2ccccc2C1=O. The van der Waals surface area contributed by atoms with Gasteiger partial charge in [0.1, 0.15) is 0 Å². The Morgan fingerprint density at radius 3 is 1.96 bits per heavy atom. The lowest BCUT2D eigenvalue weighted by Crippen LogP contribution is -2.49. The molecule has 0 unspecified atom stereocenters. The van der Waals surface area contributed by atoms with Gasteiger partial charge < -0.3 is 5.32 Å². The number of carbonyl (C=O) groups is 3. The van der Waals surface area contributed by atoms with Crippen molar-refractivity contribution in [3.05, 3.63) is 35.4 Å². The van der Waals surface area contributed by atoms with Gasteiger partial charge in [0.2, 0.25) is 5.91 Å². The van der Waals surface area contributed by atoms with Gasteiger partial charge in [-0.1, -0.05) is 46.8 Å². The van der Waals surface area contributed by atoms with Crippen molar-refractivity contribution in [2.45, 2.75) is 34.6 Å². The number of nitrogens with zero attached hydrogens (tertiary/aromatic N) is 1. The average molecular weight is 331 g/mol. The van der Waals surface area contributed by atoms with E-state index in [2.05, 4.69) is 10.6 Å². The summed E-state index contributed by atoms with van der Waals surface area (Å²) in [6.45, 7) is 10.1. The Balaban J connectivity index is 1.87. The molecule has 0 radical (unpaired) electrons. The molecule has 1 aromatic carbocycles. The molecular formula is C18H25N3O3. The van der Waals surface area contributed by atoms with Gasteiger partial charge in [0.15, 0.2) is 0 Å². The molecule has 0 saturated heterocycles. The summed E-state index contributed by atoms with van der Waals surface area (Å²) in [5, 5.41) is 5.73. The first kappa shape index (κ1) is 18.1. The smallest absolute Gasteiger partial charge is 0.262 e. The second-order valence-electron chi connectivity index (χ2n) is 7.55. The molecule has 1 aliphatic rings. The summed E-state index contributed by atoms with van der Waals surface area (Å²) in [7, 11) is 0. The molecule has 6 heteroatoms. The van der Waals surface area contributed by atoms with Gasteiger partial charge in [-0.25, -0.2) is 0 Å². The number of nitrogens with one attached hydrogen (secondary N) is 2. The monoisotopic (exact) mass is 331 g/mol. The van der Waals surface area contributed by atoms with E-state index < -0.39 is 5.41 Å². The highest BCUT2D eigenvalue weighted by Crippen LogP contribution is 2.37. The van der Waals surface area contributed by atoms with E-state index in [0.717, 1.165) is 4.90 Å². The molecular weight excluding hydrogens is 306 g/mol. The molecule has 0 atom stereocenters. The second-order valence-corrected chi connectivity index (χ2v) is 7.55. The molecule has 0 saturated carbocycles. The van der Waals surface area contributed by atoms with E-state index in [1.807, 2.05) is 34.6 Å². The fourth-order valence-electron chi connectivity index (χ4n) is 2.25. The summed E-state index contributed by atoms with van der Waals surface area (Å²) in [6.07, 6.45) is 0. The van der Waals surface area contributed by atoms with Crippen molar-refractivity contribution in [3.63, 3.8) is 0 Å². The maximum absolute atomic E-state index is 12.3. The number of rotatable bonds is 5. The minimum Gasteiger partial charge on any atom is -0.343 e. The lowest BCUT2D eigenvalue weighted by molar-refractivity contribution is -0.134. The number of carbonyl (C=O) groups excluding carboxylic acids is 3. The summed E-state index contributed by atoms with van der Waals surface area (Å²) in [6, 6.07) is 6.75. The van der Waals surface area contributed by atoms with Crippen molar-refractivity contribution in [1.82, 2.24) is 15.5 Å². The second kappa shape index (κ2) is 6.36. The lowest BCUT2D eigenvalue weighted by atomic mass is 9.69. The van der Waals surface area contributed by atoms with E-state index in [0.29, 0.717) is 11.1 Å². The van der Waals surface area contributed by atoms with Gasteiger partial charge in [-0.05, 0) is 17.5 Å². The van der Waals surface area contributed by atoms with E-state index in [-0.39, 0.29) is 36.5 Å². The minimum absolute atomic E-state index is 0.0581. The van der Waals surface area contributed by atoms with Crippen LogP contribution in [0, 0.1) is 10.8 Å². The molecule has 1 heterocycles. The van der Waals surface area contributed by atoms with Gasteiger partial charge in [-0.2, -0.15) is 0 Å². The Bertz CT molecular complexity index is 639. The van der Waals surface area contributed by atoms with Crippen LogP contribution in [0.1, 0.15) is 55.3 Å². The highest BCUT2D eigenvalue weighted by Gasteiger charge is 2.39. The molecule has 1 aromatic rings. The van der Waals surface area contributed by atoms with Crippen LogP contribution in [0.4, 0.5) is 0 Å². The first-order valence-corrected chi connectivity index (χ1v) is 8.01. The number of imide groups is 1. The average Bonchev–Trinajstić information content (AvgIpc) is 2.75. The number of hydrogen-bond donors (Lipinski definition) is 2. The normalized spacial score (nSPS) is 14.8.